The molecule has 1 N–H and O–H groups in total. The first-order valence-electron chi connectivity index (χ1n) is 6.56. The van der Waals surface area contributed by atoms with E-state index in [1.54, 1.807) is 23.9 Å². The van der Waals surface area contributed by atoms with Crippen molar-refractivity contribution in [3.63, 3.8) is 0 Å². The summed E-state index contributed by atoms with van der Waals surface area (Å²) in [6.07, 6.45) is 0.303. The summed E-state index contributed by atoms with van der Waals surface area (Å²) in [5.74, 6) is -0.565. The Morgan fingerprint density at radius 2 is 2.10 bits per heavy atom. The van der Waals surface area contributed by atoms with Crippen molar-refractivity contribution in [3.8, 4) is 0 Å². The molecular formula is C14H16ClNO4S. The predicted molar refractivity (Wildman–Crippen MR) is 80.7 cm³/mol. The fraction of sp³-hybridized carbons (Fsp3) is 0.429. The summed E-state index contributed by atoms with van der Waals surface area (Å²) in [6, 6.07) is 6.52. The summed E-state index contributed by atoms with van der Waals surface area (Å²) >= 11 is 7.35. The minimum atomic E-state index is -1.02. The van der Waals surface area contributed by atoms with Crippen molar-refractivity contribution in [3.05, 3.63) is 29.3 Å². The number of amides is 1. The molecule has 0 aliphatic carbocycles. The normalized spacial score (nSPS) is 18.5. The Bertz CT molecular complexity index is 508. The van der Waals surface area contributed by atoms with Gasteiger partial charge in [-0.15, -0.1) is 11.8 Å². The lowest BCUT2D eigenvalue weighted by molar-refractivity contribution is -0.158. The lowest BCUT2D eigenvalue weighted by Gasteiger charge is -2.32. The zero-order valence-corrected chi connectivity index (χ0v) is 12.9. The summed E-state index contributed by atoms with van der Waals surface area (Å²) in [4.78, 5) is 25.7. The summed E-state index contributed by atoms with van der Waals surface area (Å²) in [5, 5.41) is 9.77. The first-order chi connectivity index (χ1) is 10.1. The standard InChI is InChI=1S/C14H16ClNO4S/c15-10-1-3-11(4-2-10)21-8-5-13(17)16-6-7-20-9-12(16)14(18)19/h1-4,12H,5-9H2,(H,18,19). The van der Waals surface area contributed by atoms with Gasteiger partial charge < -0.3 is 14.7 Å². The molecule has 114 valence electrons. The van der Waals surface area contributed by atoms with Gasteiger partial charge in [0.15, 0.2) is 6.04 Å². The molecule has 1 aliphatic rings. The van der Waals surface area contributed by atoms with Crippen LogP contribution < -0.4 is 0 Å². The number of carbonyl (C=O) groups excluding carboxylic acids is 1. The highest BCUT2D eigenvalue weighted by atomic mass is 35.5. The Balaban J connectivity index is 1.83. The fourth-order valence-electron chi connectivity index (χ4n) is 2.04. The van der Waals surface area contributed by atoms with E-state index in [9.17, 15) is 9.59 Å². The molecule has 1 amide bonds. The van der Waals surface area contributed by atoms with Crippen molar-refractivity contribution < 1.29 is 19.4 Å². The van der Waals surface area contributed by atoms with E-state index in [0.29, 0.717) is 30.3 Å². The Morgan fingerprint density at radius 3 is 2.76 bits per heavy atom. The van der Waals surface area contributed by atoms with Crippen LogP contribution in [0.15, 0.2) is 29.2 Å². The molecule has 0 radical (unpaired) electrons. The molecular weight excluding hydrogens is 314 g/mol. The number of carboxylic acids is 1. The maximum Gasteiger partial charge on any atom is 0.328 e. The van der Waals surface area contributed by atoms with Crippen LogP contribution in [0.2, 0.25) is 5.02 Å². The molecule has 0 bridgehead atoms. The third kappa shape index (κ3) is 4.62. The SMILES string of the molecule is O=C(O)C1COCCN1C(=O)CCSc1ccc(Cl)cc1. The van der Waals surface area contributed by atoms with Gasteiger partial charge in [-0.05, 0) is 24.3 Å². The van der Waals surface area contributed by atoms with Crippen molar-refractivity contribution in [1.82, 2.24) is 4.90 Å². The molecule has 1 heterocycles. The van der Waals surface area contributed by atoms with E-state index in [1.165, 1.54) is 4.90 Å². The van der Waals surface area contributed by atoms with Crippen molar-refractivity contribution in [2.24, 2.45) is 0 Å². The molecule has 1 saturated heterocycles. The summed E-state index contributed by atoms with van der Waals surface area (Å²) in [7, 11) is 0. The first-order valence-corrected chi connectivity index (χ1v) is 7.92. The number of carboxylic acid groups (broad SMARTS) is 1. The zero-order valence-electron chi connectivity index (χ0n) is 11.3. The van der Waals surface area contributed by atoms with Crippen molar-refractivity contribution in [2.45, 2.75) is 17.4 Å². The summed E-state index contributed by atoms with van der Waals surface area (Å²) in [5.41, 5.74) is 0. The molecule has 1 atom stereocenters. The molecule has 7 heteroatoms. The molecule has 21 heavy (non-hydrogen) atoms. The van der Waals surface area contributed by atoms with Crippen LogP contribution in [-0.2, 0) is 14.3 Å². The molecule has 0 saturated carbocycles. The van der Waals surface area contributed by atoms with Gasteiger partial charge in [0.05, 0.1) is 13.2 Å². The van der Waals surface area contributed by atoms with Gasteiger partial charge in [-0.3, -0.25) is 4.79 Å². The van der Waals surface area contributed by atoms with E-state index in [2.05, 4.69) is 0 Å². The van der Waals surface area contributed by atoms with Crippen LogP contribution in [0.4, 0.5) is 0 Å². The molecule has 1 aliphatic heterocycles. The molecule has 2 rings (SSSR count). The van der Waals surface area contributed by atoms with Gasteiger partial charge in [-0.2, -0.15) is 0 Å². The highest BCUT2D eigenvalue weighted by molar-refractivity contribution is 7.99. The van der Waals surface area contributed by atoms with Gasteiger partial charge >= 0.3 is 5.97 Å². The lowest BCUT2D eigenvalue weighted by atomic mass is 10.2. The summed E-state index contributed by atoms with van der Waals surface area (Å²) < 4.78 is 5.12. The highest BCUT2D eigenvalue weighted by Gasteiger charge is 2.32. The predicted octanol–water partition coefficient (Wildman–Crippen LogP) is 2.13. The molecule has 1 unspecified atom stereocenters. The Hall–Kier alpha value is -1.24. The van der Waals surface area contributed by atoms with E-state index in [-0.39, 0.29) is 12.5 Å². The molecule has 1 fully saturated rings. The van der Waals surface area contributed by atoms with E-state index in [4.69, 9.17) is 21.4 Å². The maximum absolute atomic E-state index is 12.1. The third-order valence-corrected chi connectivity index (χ3v) is 4.40. The largest absolute Gasteiger partial charge is 0.480 e. The number of nitrogens with zero attached hydrogens (tertiary/aromatic N) is 1. The number of carbonyl (C=O) groups is 2. The number of hydrogen-bond acceptors (Lipinski definition) is 4. The number of ether oxygens (including phenoxy) is 1. The monoisotopic (exact) mass is 329 g/mol. The van der Waals surface area contributed by atoms with Gasteiger partial charge in [0.25, 0.3) is 0 Å². The number of benzene rings is 1. The minimum absolute atomic E-state index is 0.0609. The average Bonchev–Trinajstić information content (AvgIpc) is 2.49. The minimum Gasteiger partial charge on any atom is -0.480 e. The Labute approximate surface area is 132 Å². The van der Waals surface area contributed by atoms with Crippen LogP contribution in [0.25, 0.3) is 0 Å². The van der Waals surface area contributed by atoms with Gasteiger partial charge in [0.1, 0.15) is 0 Å². The van der Waals surface area contributed by atoms with Crippen molar-refractivity contribution in [1.29, 1.82) is 0 Å². The molecule has 1 aromatic carbocycles. The second-order valence-electron chi connectivity index (χ2n) is 4.57. The number of aliphatic carboxylic acids is 1. The zero-order chi connectivity index (χ0) is 15.2. The van der Waals surface area contributed by atoms with Crippen LogP contribution in [-0.4, -0.2) is 53.4 Å². The second kappa shape index (κ2) is 7.68. The summed E-state index contributed by atoms with van der Waals surface area (Å²) in [6.45, 7) is 0.784. The van der Waals surface area contributed by atoms with Gasteiger partial charge in [-0.25, -0.2) is 4.79 Å². The number of halogens is 1. The fourth-order valence-corrected chi connectivity index (χ4v) is 3.00. The van der Waals surface area contributed by atoms with Crippen LogP contribution in [0, 0.1) is 0 Å². The van der Waals surface area contributed by atoms with Crippen molar-refractivity contribution >= 4 is 35.2 Å². The van der Waals surface area contributed by atoms with E-state index >= 15 is 0 Å². The number of rotatable bonds is 5. The molecule has 0 aromatic heterocycles. The number of hydrogen-bond donors (Lipinski definition) is 1. The van der Waals surface area contributed by atoms with Crippen LogP contribution in [0.1, 0.15) is 6.42 Å². The molecule has 1 aromatic rings. The van der Waals surface area contributed by atoms with Gasteiger partial charge in [0, 0.05) is 28.6 Å². The smallest absolute Gasteiger partial charge is 0.328 e. The Kier molecular flexibility index (Phi) is 5.90. The van der Waals surface area contributed by atoms with Crippen molar-refractivity contribution in [2.75, 3.05) is 25.5 Å². The third-order valence-electron chi connectivity index (χ3n) is 3.13. The van der Waals surface area contributed by atoms with Gasteiger partial charge in [0.2, 0.25) is 5.91 Å². The Morgan fingerprint density at radius 1 is 1.38 bits per heavy atom. The average molecular weight is 330 g/mol. The van der Waals surface area contributed by atoms with Gasteiger partial charge in [-0.1, -0.05) is 11.6 Å². The topological polar surface area (TPSA) is 66.8 Å². The number of thioether (sulfide) groups is 1. The van der Waals surface area contributed by atoms with Crippen LogP contribution >= 0.6 is 23.4 Å². The highest BCUT2D eigenvalue weighted by Crippen LogP contribution is 2.21. The second-order valence-corrected chi connectivity index (χ2v) is 6.17. The molecule has 5 nitrogen and oxygen atoms in total. The van der Waals surface area contributed by atoms with E-state index < -0.39 is 12.0 Å². The number of morpholine rings is 1. The quantitative estimate of drug-likeness (QED) is 0.838. The lowest BCUT2D eigenvalue weighted by Crippen LogP contribution is -2.52. The maximum atomic E-state index is 12.1. The van der Waals surface area contributed by atoms with Crippen LogP contribution in [0.5, 0.6) is 0 Å². The van der Waals surface area contributed by atoms with E-state index in [1.807, 2.05) is 12.1 Å². The molecule has 0 spiro atoms. The first kappa shape index (κ1) is 16.1. The van der Waals surface area contributed by atoms with Crippen LogP contribution in [0.3, 0.4) is 0 Å². The van der Waals surface area contributed by atoms with E-state index in [0.717, 1.165) is 4.90 Å².